The molecule has 1 aliphatic carbocycles. The number of carbonyl (C=O) groups is 1. The third-order valence-electron chi connectivity index (χ3n) is 3.37. The van der Waals surface area contributed by atoms with Crippen molar-refractivity contribution in [2.45, 2.75) is 18.9 Å². The molecular formula is C14H13ClN2OS. The van der Waals surface area contributed by atoms with Gasteiger partial charge in [-0.25, -0.2) is 0 Å². The summed E-state index contributed by atoms with van der Waals surface area (Å²) in [6.45, 7) is 0. The summed E-state index contributed by atoms with van der Waals surface area (Å²) in [7, 11) is 0. The van der Waals surface area contributed by atoms with Crippen molar-refractivity contribution in [2.75, 3.05) is 5.73 Å². The summed E-state index contributed by atoms with van der Waals surface area (Å²) < 4.78 is 0. The number of thiophene rings is 1. The highest BCUT2D eigenvalue weighted by Gasteiger charge is 2.25. The number of hydrogen-bond donors (Lipinski definition) is 2. The Morgan fingerprint density at radius 2 is 2.26 bits per heavy atom. The Morgan fingerprint density at radius 3 is 3.00 bits per heavy atom. The summed E-state index contributed by atoms with van der Waals surface area (Å²) in [5.74, 6) is -0.102. The topological polar surface area (TPSA) is 55.1 Å². The predicted octanol–water partition coefficient (Wildman–Crippen LogP) is 3.40. The molecule has 1 amide bonds. The highest BCUT2D eigenvalue weighted by atomic mass is 35.5. The Kier molecular flexibility index (Phi) is 3.21. The zero-order valence-corrected chi connectivity index (χ0v) is 11.7. The Balaban J connectivity index is 1.80. The minimum Gasteiger partial charge on any atom is -0.399 e. The molecule has 0 saturated carbocycles. The van der Waals surface area contributed by atoms with E-state index in [9.17, 15) is 4.79 Å². The second-order valence-electron chi connectivity index (χ2n) is 4.62. The third-order valence-corrected chi connectivity index (χ3v) is 4.71. The maximum absolute atomic E-state index is 12.1. The number of nitrogen functional groups attached to an aromatic ring is 1. The van der Waals surface area contributed by atoms with Crippen molar-refractivity contribution in [3.63, 3.8) is 0 Å². The van der Waals surface area contributed by atoms with E-state index in [-0.39, 0.29) is 11.9 Å². The Hall–Kier alpha value is -1.52. The molecule has 19 heavy (non-hydrogen) atoms. The first-order valence-corrected chi connectivity index (χ1v) is 7.33. The molecule has 1 aliphatic rings. The first kappa shape index (κ1) is 12.5. The van der Waals surface area contributed by atoms with Crippen LogP contribution in [0.15, 0.2) is 29.6 Å². The second-order valence-corrected chi connectivity index (χ2v) is 5.94. The lowest BCUT2D eigenvalue weighted by Crippen LogP contribution is -2.26. The fourth-order valence-electron chi connectivity index (χ4n) is 2.47. The summed E-state index contributed by atoms with van der Waals surface area (Å²) >= 11 is 7.33. The first-order chi connectivity index (χ1) is 9.15. The van der Waals surface area contributed by atoms with Gasteiger partial charge in [-0.15, -0.1) is 11.3 Å². The number of aryl methyl sites for hydroxylation is 1. The van der Waals surface area contributed by atoms with Crippen LogP contribution in [0.1, 0.15) is 33.3 Å². The maximum atomic E-state index is 12.1. The molecule has 0 bridgehead atoms. The standard InChI is InChI=1S/C14H13ClN2OS/c15-11-5-6-19-13(11)14(18)17-12-4-1-8-7-9(16)2-3-10(8)12/h2-3,5-7,12H,1,4,16H2,(H,17,18). The molecule has 1 heterocycles. The lowest BCUT2D eigenvalue weighted by Gasteiger charge is -2.13. The number of nitrogens with one attached hydrogen (secondary N) is 1. The van der Waals surface area contributed by atoms with Gasteiger partial charge < -0.3 is 11.1 Å². The smallest absolute Gasteiger partial charge is 0.263 e. The van der Waals surface area contributed by atoms with E-state index in [2.05, 4.69) is 5.32 Å². The number of fused-ring (bicyclic) bond motifs is 1. The van der Waals surface area contributed by atoms with Crippen LogP contribution < -0.4 is 11.1 Å². The van der Waals surface area contributed by atoms with Gasteiger partial charge in [-0.3, -0.25) is 4.79 Å². The van der Waals surface area contributed by atoms with Crippen LogP contribution in [0.25, 0.3) is 0 Å². The molecule has 1 aromatic carbocycles. The molecule has 0 saturated heterocycles. The molecule has 0 aliphatic heterocycles. The van der Waals surface area contributed by atoms with Crippen LogP contribution >= 0.6 is 22.9 Å². The van der Waals surface area contributed by atoms with Crippen molar-refractivity contribution in [3.05, 3.63) is 50.7 Å². The van der Waals surface area contributed by atoms with E-state index in [4.69, 9.17) is 17.3 Å². The highest BCUT2D eigenvalue weighted by Crippen LogP contribution is 2.33. The number of carbonyl (C=O) groups excluding carboxylic acids is 1. The van der Waals surface area contributed by atoms with Crippen LogP contribution in [0.4, 0.5) is 5.69 Å². The van der Waals surface area contributed by atoms with E-state index < -0.39 is 0 Å². The zero-order chi connectivity index (χ0) is 13.4. The molecule has 1 aromatic heterocycles. The van der Waals surface area contributed by atoms with Crippen molar-refractivity contribution in [1.82, 2.24) is 5.32 Å². The van der Waals surface area contributed by atoms with Gasteiger partial charge in [0, 0.05) is 5.69 Å². The van der Waals surface area contributed by atoms with E-state index in [1.807, 2.05) is 23.6 Å². The molecule has 3 nitrogen and oxygen atoms in total. The Morgan fingerprint density at radius 1 is 1.42 bits per heavy atom. The van der Waals surface area contributed by atoms with Crippen molar-refractivity contribution in [1.29, 1.82) is 0 Å². The van der Waals surface area contributed by atoms with E-state index in [1.54, 1.807) is 6.07 Å². The zero-order valence-electron chi connectivity index (χ0n) is 10.2. The molecule has 1 unspecified atom stereocenters. The minimum absolute atomic E-state index is 0.0567. The fraction of sp³-hybridized carbons (Fsp3) is 0.214. The Labute approximate surface area is 120 Å². The quantitative estimate of drug-likeness (QED) is 0.834. The van der Waals surface area contributed by atoms with Crippen LogP contribution in [0.3, 0.4) is 0 Å². The maximum Gasteiger partial charge on any atom is 0.263 e. The van der Waals surface area contributed by atoms with E-state index in [0.717, 1.165) is 24.1 Å². The molecule has 0 radical (unpaired) electrons. The highest BCUT2D eigenvalue weighted by molar-refractivity contribution is 7.12. The van der Waals surface area contributed by atoms with E-state index in [1.165, 1.54) is 16.9 Å². The molecule has 5 heteroatoms. The van der Waals surface area contributed by atoms with Gasteiger partial charge in [-0.1, -0.05) is 17.7 Å². The fourth-order valence-corrected chi connectivity index (χ4v) is 3.51. The average molecular weight is 293 g/mol. The summed E-state index contributed by atoms with van der Waals surface area (Å²) in [5, 5.41) is 5.38. The molecular weight excluding hydrogens is 280 g/mol. The second kappa shape index (κ2) is 4.87. The van der Waals surface area contributed by atoms with Crippen molar-refractivity contribution < 1.29 is 4.79 Å². The number of benzene rings is 1. The van der Waals surface area contributed by atoms with Crippen LogP contribution in [0, 0.1) is 0 Å². The normalized spacial score (nSPS) is 17.2. The van der Waals surface area contributed by atoms with E-state index in [0.29, 0.717) is 9.90 Å². The molecule has 3 N–H and O–H groups in total. The van der Waals surface area contributed by atoms with Crippen LogP contribution in [-0.2, 0) is 6.42 Å². The summed E-state index contributed by atoms with van der Waals surface area (Å²) in [5.41, 5.74) is 8.93. The number of nitrogens with two attached hydrogens (primary N) is 1. The van der Waals surface area contributed by atoms with Gasteiger partial charge in [-0.05, 0) is 47.5 Å². The SMILES string of the molecule is Nc1ccc2c(c1)CCC2NC(=O)c1sccc1Cl. The van der Waals surface area contributed by atoms with Crippen molar-refractivity contribution >= 4 is 34.5 Å². The molecule has 3 rings (SSSR count). The van der Waals surface area contributed by atoms with Gasteiger partial charge >= 0.3 is 0 Å². The lowest BCUT2D eigenvalue weighted by atomic mass is 10.1. The number of rotatable bonds is 2. The van der Waals surface area contributed by atoms with Gasteiger partial charge in [0.05, 0.1) is 11.1 Å². The summed E-state index contributed by atoms with van der Waals surface area (Å²) in [4.78, 5) is 12.7. The predicted molar refractivity (Wildman–Crippen MR) is 78.7 cm³/mol. The van der Waals surface area contributed by atoms with Crippen LogP contribution in [0.5, 0.6) is 0 Å². The van der Waals surface area contributed by atoms with Crippen LogP contribution in [0.2, 0.25) is 5.02 Å². The van der Waals surface area contributed by atoms with Gasteiger partial charge in [0.25, 0.3) is 5.91 Å². The Bertz CT molecular complexity index is 638. The number of hydrogen-bond acceptors (Lipinski definition) is 3. The molecule has 0 spiro atoms. The number of amides is 1. The number of anilines is 1. The van der Waals surface area contributed by atoms with Crippen molar-refractivity contribution in [2.24, 2.45) is 0 Å². The lowest BCUT2D eigenvalue weighted by molar-refractivity contribution is 0.0941. The van der Waals surface area contributed by atoms with Gasteiger partial charge in [-0.2, -0.15) is 0 Å². The van der Waals surface area contributed by atoms with Gasteiger partial charge in [0.2, 0.25) is 0 Å². The molecule has 0 fully saturated rings. The summed E-state index contributed by atoms with van der Waals surface area (Å²) in [6, 6.07) is 7.66. The first-order valence-electron chi connectivity index (χ1n) is 6.07. The van der Waals surface area contributed by atoms with Crippen molar-refractivity contribution in [3.8, 4) is 0 Å². The average Bonchev–Trinajstić information content (AvgIpc) is 2.96. The van der Waals surface area contributed by atoms with Crippen LogP contribution in [-0.4, -0.2) is 5.91 Å². The monoisotopic (exact) mass is 292 g/mol. The van der Waals surface area contributed by atoms with Gasteiger partial charge in [0.15, 0.2) is 0 Å². The molecule has 98 valence electrons. The molecule has 2 aromatic rings. The van der Waals surface area contributed by atoms with E-state index >= 15 is 0 Å². The largest absolute Gasteiger partial charge is 0.399 e. The minimum atomic E-state index is -0.102. The summed E-state index contributed by atoms with van der Waals surface area (Å²) in [6.07, 6.45) is 1.86. The number of halogens is 1. The molecule has 1 atom stereocenters. The van der Waals surface area contributed by atoms with Gasteiger partial charge in [0.1, 0.15) is 4.88 Å². The third kappa shape index (κ3) is 2.33.